The Morgan fingerprint density at radius 3 is 3.07 bits per heavy atom. The molecule has 0 bridgehead atoms. The molecule has 5 rings (SSSR count). The minimum Gasteiger partial charge on any atom is -0.489 e. The van der Waals surface area contributed by atoms with E-state index < -0.39 is 6.04 Å². The van der Waals surface area contributed by atoms with Crippen LogP contribution in [-0.4, -0.2) is 41.7 Å². The third-order valence-electron chi connectivity index (χ3n) is 6.30. The molecular weight excluding hydrogens is 344 g/mol. The van der Waals surface area contributed by atoms with Crippen molar-refractivity contribution in [3.63, 3.8) is 0 Å². The molecule has 3 atom stereocenters. The van der Waals surface area contributed by atoms with Crippen LogP contribution in [0.1, 0.15) is 35.1 Å². The van der Waals surface area contributed by atoms with Crippen LogP contribution in [0.25, 0.3) is 0 Å². The molecule has 1 saturated carbocycles. The second-order valence-electron chi connectivity index (χ2n) is 8.17. The summed E-state index contributed by atoms with van der Waals surface area (Å²) < 4.78 is 5.76. The van der Waals surface area contributed by atoms with Crippen LogP contribution in [0, 0.1) is 11.3 Å². The largest absolute Gasteiger partial charge is 0.489 e. The summed E-state index contributed by atoms with van der Waals surface area (Å²) in [5, 5.41) is 10.1. The number of amides is 2. The van der Waals surface area contributed by atoms with Crippen molar-refractivity contribution < 1.29 is 14.3 Å². The molecule has 3 aliphatic rings. The second-order valence-corrected chi connectivity index (χ2v) is 8.17. The Labute approximate surface area is 157 Å². The maximum Gasteiger partial charge on any atom is 0.272 e. The highest BCUT2D eigenvalue weighted by atomic mass is 16.5. The van der Waals surface area contributed by atoms with Gasteiger partial charge in [0.05, 0.1) is 5.69 Å². The number of nitrogens with zero attached hydrogens (tertiary/aromatic N) is 2. The minimum atomic E-state index is -0.753. The molecule has 1 fully saturated rings. The van der Waals surface area contributed by atoms with E-state index in [1.165, 1.54) is 11.3 Å². The van der Waals surface area contributed by atoms with E-state index in [4.69, 9.17) is 4.74 Å². The number of ether oxygens (including phenoxy) is 1. The van der Waals surface area contributed by atoms with E-state index in [-0.39, 0.29) is 18.4 Å². The number of likely N-dealkylation sites (N-methyl/N-ethyl adjacent to an activating group) is 1. The van der Waals surface area contributed by atoms with Gasteiger partial charge in [-0.1, -0.05) is 19.1 Å². The average molecular weight is 366 g/mol. The van der Waals surface area contributed by atoms with E-state index >= 15 is 0 Å². The lowest BCUT2D eigenvalue weighted by molar-refractivity contribution is -0.120. The predicted octanol–water partition coefficient (Wildman–Crippen LogP) is 1.69. The number of benzene rings is 1. The number of nitrogens with one attached hydrogen (secondary N) is 2. The third kappa shape index (κ3) is 2.52. The fraction of sp³-hybridized carbons (Fsp3) is 0.450. The molecule has 27 heavy (non-hydrogen) atoms. The van der Waals surface area contributed by atoms with Crippen LogP contribution >= 0.6 is 0 Å². The molecule has 0 saturated heterocycles. The van der Waals surface area contributed by atoms with Crippen LogP contribution in [0.15, 0.2) is 24.3 Å². The maximum absolute atomic E-state index is 12.9. The first-order valence-corrected chi connectivity index (χ1v) is 9.33. The number of anilines is 1. The summed E-state index contributed by atoms with van der Waals surface area (Å²) in [6.07, 6.45) is 3.02. The van der Waals surface area contributed by atoms with Crippen LogP contribution in [0.5, 0.6) is 5.75 Å². The van der Waals surface area contributed by atoms with Gasteiger partial charge in [0.25, 0.3) is 11.8 Å². The number of hydrogen-bond acceptors (Lipinski definition) is 4. The highest BCUT2D eigenvalue weighted by Gasteiger charge is 2.53. The average Bonchev–Trinajstić information content (AvgIpc) is 3.19. The molecule has 2 amide bonds. The molecule has 1 aliphatic heterocycles. The SMILES string of the molecule is CN1C(=O)[C@@H](NC(=O)c2n[nH]c3c2CC2CC2(C)C3)COc2ccccc21. The number of aromatic amines is 1. The van der Waals surface area contributed by atoms with Crippen molar-refractivity contribution in [2.24, 2.45) is 11.3 Å². The van der Waals surface area contributed by atoms with Gasteiger partial charge < -0.3 is 15.0 Å². The summed E-state index contributed by atoms with van der Waals surface area (Å²) in [6, 6.07) is 6.61. The minimum absolute atomic E-state index is 0.0965. The molecule has 140 valence electrons. The molecule has 2 aromatic rings. The zero-order valence-electron chi connectivity index (χ0n) is 15.4. The first-order valence-electron chi connectivity index (χ1n) is 9.33. The van der Waals surface area contributed by atoms with Crippen molar-refractivity contribution >= 4 is 17.5 Å². The Hall–Kier alpha value is -2.83. The first kappa shape index (κ1) is 16.4. The smallest absolute Gasteiger partial charge is 0.272 e. The van der Waals surface area contributed by atoms with E-state index in [2.05, 4.69) is 22.4 Å². The van der Waals surface area contributed by atoms with Crippen LogP contribution in [-0.2, 0) is 17.6 Å². The zero-order chi connectivity index (χ0) is 18.8. The zero-order valence-corrected chi connectivity index (χ0v) is 15.4. The van der Waals surface area contributed by atoms with Gasteiger partial charge >= 0.3 is 0 Å². The summed E-state index contributed by atoms with van der Waals surface area (Å²) in [5.41, 5.74) is 3.54. The molecule has 2 N–H and O–H groups in total. The molecule has 0 spiro atoms. The number of para-hydroxylation sites is 2. The first-order chi connectivity index (χ1) is 13.0. The van der Waals surface area contributed by atoms with Gasteiger partial charge in [-0.3, -0.25) is 14.7 Å². The van der Waals surface area contributed by atoms with Crippen molar-refractivity contribution in [3.8, 4) is 5.75 Å². The Bertz CT molecular complexity index is 952. The van der Waals surface area contributed by atoms with E-state index in [0.717, 1.165) is 24.1 Å². The molecular formula is C20H22N4O3. The van der Waals surface area contributed by atoms with Gasteiger partial charge in [0, 0.05) is 18.3 Å². The van der Waals surface area contributed by atoms with Crippen LogP contribution in [0.4, 0.5) is 5.69 Å². The van der Waals surface area contributed by atoms with Crippen LogP contribution in [0.2, 0.25) is 0 Å². The Kier molecular flexibility index (Phi) is 3.38. The van der Waals surface area contributed by atoms with Gasteiger partial charge in [-0.05, 0) is 42.7 Å². The van der Waals surface area contributed by atoms with Crippen LogP contribution in [0.3, 0.4) is 0 Å². The van der Waals surface area contributed by atoms with Gasteiger partial charge in [0.2, 0.25) is 0 Å². The van der Waals surface area contributed by atoms with Crippen molar-refractivity contribution in [1.82, 2.24) is 15.5 Å². The highest BCUT2D eigenvalue weighted by Crippen LogP contribution is 2.59. The van der Waals surface area contributed by atoms with Crippen molar-refractivity contribution in [3.05, 3.63) is 41.2 Å². The van der Waals surface area contributed by atoms with Gasteiger partial charge in [-0.25, -0.2) is 0 Å². The molecule has 2 unspecified atom stereocenters. The third-order valence-corrected chi connectivity index (χ3v) is 6.30. The number of H-pyrrole nitrogens is 1. The molecule has 7 heteroatoms. The molecule has 7 nitrogen and oxygen atoms in total. The van der Waals surface area contributed by atoms with E-state index in [1.807, 2.05) is 24.3 Å². The number of fused-ring (bicyclic) bond motifs is 3. The second kappa shape index (κ2) is 5.58. The number of carbonyl (C=O) groups is 2. The Morgan fingerprint density at radius 2 is 2.22 bits per heavy atom. The van der Waals surface area contributed by atoms with Gasteiger partial charge in [-0.15, -0.1) is 0 Å². The predicted molar refractivity (Wildman–Crippen MR) is 98.8 cm³/mol. The topological polar surface area (TPSA) is 87.3 Å². The molecule has 0 radical (unpaired) electrons. The normalized spacial score (nSPS) is 28.4. The number of rotatable bonds is 2. The lowest BCUT2D eigenvalue weighted by Crippen LogP contribution is -2.49. The van der Waals surface area contributed by atoms with Gasteiger partial charge in [0.15, 0.2) is 5.69 Å². The number of aromatic nitrogens is 2. The number of carbonyl (C=O) groups excluding carboxylic acids is 2. The van der Waals surface area contributed by atoms with Crippen molar-refractivity contribution in [2.45, 2.75) is 32.2 Å². The fourth-order valence-electron chi connectivity index (χ4n) is 4.43. The van der Waals surface area contributed by atoms with E-state index in [9.17, 15) is 9.59 Å². The summed E-state index contributed by atoms with van der Waals surface area (Å²) in [7, 11) is 1.69. The van der Waals surface area contributed by atoms with E-state index in [1.54, 1.807) is 7.05 Å². The van der Waals surface area contributed by atoms with Gasteiger partial charge in [-0.2, -0.15) is 5.10 Å². The summed E-state index contributed by atoms with van der Waals surface area (Å²) >= 11 is 0. The summed E-state index contributed by atoms with van der Waals surface area (Å²) in [6.45, 7) is 2.38. The summed E-state index contributed by atoms with van der Waals surface area (Å²) in [5.74, 6) is 0.749. The number of hydrogen-bond donors (Lipinski definition) is 2. The molecule has 1 aromatic carbocycles. The summed E-state index contributed by atoms with van der Waals surface area (Å²) in [4.78, 5) is 27.2. The maximum atomic E-state index is 12.9. The van der Waals surface area contributed by atoms with Crippen LogP contribution < -0.4 is 15.0 Å². The molecule has 2 aliphatic carbocycles. The van der Waals surface area contributed by atoms with Gasteiger partial charge in [0.1, 0.15) is 18.4 Å². The highest BCUT2D eigenvalue weighted by molar-refractivity contribution is 6.03. The quantitative estimate of drug-likeness (QED) is 0.847. The van der Waals surface area contributed by atoms with E-state index in [0.29, 0.717) is 28.5 Å². The van der Waals surface area contributed by atoms with Crippen molar-refractivity contribution in [2.75, 3.05) is 18.6 Å². The monoisotopic (exact) mass is 366 g/mol. The lowest BCUT2D eigenvalue weighted by Gasteiger charge is -2.21. The Morgan fingerprint density at radius 1 is 1.41 bits per heavy atom. The standard InChI is InChI=1S/C20H22N4O3/c1-20-8-11(20)7-12-13(9-20)22-23-17(12)18(25)21-14-10-27-16-6-4-3-5-15(16)24(2)19(14)26/h3-6,11,14H,7-10H2,1-2H3,(H,21,25)(H,22,23)/t11?,14-,20?/m0/s1. The lowest BCUT2D eigenvalue weighted by atomic mass is 9.87. The molecule has 1 aromatic heterocycles. The molecule has 2 heterocycles. The Balaban J connectivity index is 1.36. The van der Waals surface area contributed by atoms with Crippen molar-refractivity contribution in [1.29, 1.82) is 0 Å². The fourth-order valence-corrected chi connectivity index (χ4v) is 4.43.